The standard InChI is InChI=1S/C9H9FN2O3S/c10-7-2-1-6(3-11-7)12-8(13)4-16-5-9(14)15/h1-3H,4-5H2,(H,12,13)(H,14,15). The maximum absolute atomic E-state index is 12.4. The number of aliphatic carboxylic acids is 1. The van der Waals surface area contributed by atoms with Crippen LogP contribution in [-0.4, -0.2) is 33.5 Å². The first-order valence-corrected chi connectivity index (χ1v) is 5.44. The highest BCUT2D eigenvalue weighted by Crippen LogP contribution is 2.06. The minimum absolute atomic E-state index is 0.0314. The van der Waals surface area contributed by atoms with Crippen LogP contribution in [0, 0.1) is 5.95 Å². The van der Waals surface area contributed by atoms with Gasteiger partial charge in [-0.2, -0.15) is 4.39 Å². The molecular weight excluding hydrogens is 235 g/mol. The first kappa shape index (κ1) is 12.4. The second-order valence-electron chi connectivity index (χ2n) is 2.80. The second kappa shape index (κ2) is 6.06. The summed E-state index contributed by atoms with van der Waals surface area (Å²) in [6, 6.07) is 2.50. The Labute approximate surface area is 95.1 Å². The van der Waals surface area contributed by atoms with Gasteiger partial charge in [-0.3, -0.25) is 9.59 Å². The van der Waals surface area contributed by atoms with Crippen LogP contribution in [0.5, 0.6) is 0 Å². The Morgan fingerprint density at radius 2 is 2.19 bits per heavy atom. The number of halogens is 1. The van der Waals surface area contributed by atoms with E-state index in [0.717, 1.165) is 17.8 Å². The molecule has 0 fully saturated rings. The molecule has 0 radical (unpaired) electrons. The number of rotatable bonds is 5. The molecule has 5 nitrogen and oxygen atoms in total. The minimum Gasteiger partial charge on any atom is -0.481 e. The molecule has 2 N–H and O–H groups in total. The molecule has 0 spiro atoms. The van der Waals surface area contributed by atoms with Crippen LogP contribution in [0.15, 0.2) is 18.3 Å². The quantitative estimate of drug-likeness (QED) is 0.755. The highest BCUT2D eigenvalue weighted by molar-refractivity contribution is 8.00. The maximum Gasteiger partial charge on any atom is 0.313 e. The molecule has 1 amide bonds. The van der Waals surface area contributed by atoms with Crippen LogP contribution < -0.4 is 5.32 Å². The van der Waals surface area contributed by atoms with E-state index in [2.05, 4.69) is 10.3 Å². The average molecular weight is 244 g/mol. The summed E-state index contributed by atoms with van der Waals surface area (Å²) in [4.78, 5) is 24.8. The van der Waals surface area contributed by atoms with Gasteiger partial charge in [0.2, 0.25) is 11.9 Å². The fraction of sp³-hybridized carbons (Fsp3) is 0.222. The number of hydrogen-bond acceptors (Lipinski definition) is 4. The third-order valence-electron chi connectivity index (χ3n) is 1.47. The lowest BCUT2D eigenvalue weighted by atomic mass is 10.4. The third-order valence-corrected chi connectivity index (χ3v) is 2.39. The van der Waals surface area contributed by atoms with Crippen molar-refractivity contribution in [3.8, 4) is 0 Å². The van der Waals surface area contributed by atoms with Crippen LogP contribution in [0.2, 0.25) is 0 Å². The molecule has 0 aromatic carbocycles. The van der Waals surface area contributed by atoms with Crippen molar-refractivity contribution in [1.82, 2.24) is 4.98 Å². The SMILES string of the molecule is O=C(O)CSCC(=O)Nc1ccc(F)nc1. The first-order chi connectivity index (χ1) is 7.58. The number of thioether (sulfide) groups is 1. The lowest BCUT2D eigenvalue weighted by Gasteiger charge is -2.03. The van der Waals surface area contributed by atoms with Crippen molar-refractivity contribution in [2.24, 2.45) is 0 Å². The molecule has 0 aliphatic heterocycles. The summed E-state index contributed by atoms with van der Waals surface area (Å²) in [6.07, 6.45) is 1.19. The molecule has 1 aromatic heterocycles. The molecule has 1 aromatic rings. The number of nitrogens with zero attached hydrogens (tertiary/aromatic N) is 1. The monoisotopic (exact) mass is 244 g/mol. The molecule has 0 aliphatic carbocycles. The Morgan fingerprint density at radius 3 is 2.75 bits per heavy atom. The third kappa shape index (κ3) is 4.74. The van der Waals surface area contributed by atoms with Crippen LogP contribution >= 0.6 is 11.8 Å². The average Bonchev–Trinajstić information content (AvgIpc) is 2.21. The number of pyridine rings is 1. The van der Waals surface area contributed by atoms with Crippen molar-refractivity contribution in [1.29, 1.82) is 0 Å². The summed E-state index contributed by atoms with van der Waals surface area (Å²) in [7, 11) is 0. The molecule has 86 valence electrons. The number of anilines is 1. The Kier molecular flexibility index (Phi) is 4.71. The van der Waals surface area contributed by atoms with Crippen LogP contribution in [0.4, 0.5) is 10.1 Å². The zero-order valence-electron chi connectivity index (χ0n) is 8.14. The van der Waals surface area contributed by atoms with Crippen molar-refractivity contribution < 1.29 is 19.1 Å². The summed E-state index contributed by atoms with van der Waals surface area (Å²) in [5.41, 5.74) is 0.377. The van der Waals surface area contributed by atoms with E-state index >= 15 is 0 Å². The van der Waals surface area contributed by atoms with Crippen molar-refractivity contribution >= 4 is 29.3 Å². The highest BCUT2D eigenvalue weighted by atomic mass is 32.2. The predicted molar refractivity (Wildman–Crippen MR) is 57.8 cm³/mol. The molecule has 16 heavy (non-hydrogen) atoms. The van der Waals surface area contributed by atoms with Gasteiger partial charge in [-0.25, -0.2) is 4.98 Å². The largest absolute Gasteiger partial charge is 0.481 e. The summed E-state index contributed by atoms with van der Waals surface area (Å²) in [6.45, 7) is 0. The molecule has 1 rings (SSSR count). The number of carbonyl (C=O) groups excluding carboxylic acids is 1. The predicted octanol–water partition coefficient (Wildman–Crippen LogP) is 0.977. The lowest BCUT2D eigenvalue weighted by molar-refractivity contribution is -0.133. The van der Waals surface area contributed by atoms with Crippen molar-refractivity contribution in [2.75, 3.05) is 16.8 Å². The molecule has 7 heteroatoms. The molecule has 1 heterocycles. The number of hydrogen-bond donors (Lipinski definition) is 2. The van der Waals surface area contributed by atoms with E-state index in [9.17, 15) is 14.0 Å². The van der Waals surface area contributed by atoms with Gasteiger partial charge in [-0.1, -0.05) is 0 Å². The molecule has 0 atom stereocenters. The zero-order chi connectivity index (χ0) is 12.0. The van der Waals surface area contributed by atoms with Crippen LogP contribution in [-0.2, 0) is 9.59 Å². The number of aromatic nitrogens is 1. The summed E-state index contributed by atoms with van der Waals surface area (Å²) < 4.78 is 12.4. The van der Waals surface area contributed by atoms with Gasteiger partial charge in [0.15, 0.2) is 0 Å². The number of carboxylic acid groups (broad SMARTS) is 1. The van der Waals surface area contributed by atoms with E-state index in [-0.39, 0.29) is 17.4 Å². The van der Waals surface area contributed by atoms with Crippen LogP contribution in [0.1, 0.15) is 0 Å². The van der Waals surface area contributed by atoms with Gasteiger partial charge in [0.1, 0.15) is 0 Å². The maximum atomic E-state index is 12.4. The molecule has 0 bridgehead atoms. The Balaban J connectivity index is 2.34. The Bertz CT molecular complexity index is 383. The molecule has 0 saturated heterocycles. The van der Waals surface area contributed by atoms with Gasteiger partial charge < -0.3 is 10.4 Å². The van der Waals surface area contributed by atoms with Crippen molar-refractivity contribution in [2.45, 2.75) is 0 Å². The molecule has 0 aliphatic rings. The van der Waals surface area contributed by atoms with Crippen molar-refractivity contribution in [3.05, 3.63) is 24.3 Å². The van der Waals surface area contributed by atoms with Gasteiger partial charge in [-0.15, -0.1) is 11.8 Å². The van der Waals surface area contributed by atoms with Crippen molar-refractivity contribution in [3.63, 3.8) is 0 Å². The van der Waals surface area contributed by atoms with Gasteiger partial charge >= 0.3 is 5.97 Å². The number of amides is 1. The normalized spacial score (nSPS) is 9.81. The highest BCUT2D eigenvalue weighted by Gasteiger charge is 2.04. The first-order valence-electron chi connectivity index (χ1n) is 4.29. The molecular formula is C9H9FN2O3S. The van der Waals surface area contributed by atoms with Crippen LogP contribution in [0.3, 0.4) is 0 Å². The van der Waals surface area contributed by atoms with E-state index in [1.165, 1.54) is 12.3 Å². The minimum atomic E-state index is -0.971. The topological polar surface area (TPSA) is 79.3 Å². The number of carbonyl (C=O) groups is 2. The zero-order valence-corrected chi connectivity index (χ0v) is 8.96. The smallest absolute Gasteiger partial charge is 0.313 e. The Hall–Kier alpha value is -1.63. The summed E-state index contributed by atoms with van der Waals surface area (Å²) >= 11 is 0.986. The van der Waals surface area contributed by atoms with E-state index in [1.807, 2.05) is 0 Å². The van der Waals surface area contributed by atoms with Gasteiger partial charge in [-0.05, 0) is 12.1 Å². The fourth-order valence-electron chi connectivity index (χ4n) is 0.878. The molecule has 0 saturated carbocycles. The Morgan fingerprint density at radius 1 is 1.44 bits per heavy atom. The number of nitrogens with one attached hydrogen (secondary N) is 1. The molecule has 0 unspecified atom stereocenters. The summed E-state index contributed by atoms with van der Waals surface area (Å²) in [5.74, 6) is -2.04. The lowest BCUT2D eigenvalue weighted by Crippen LogP contribution is -2.15. The fourth-order valence-corrected chi connectivity index (χ4v) is 1.41. The van der Waals surface area contributed by atoms with Gasteiger partial charge in [0.25, 0.3) is 0 Å². The number of carboxylic acids is 1. The van der Waals surface area contributed by atoms with E-state index in [4.69, 9.17) is 5.11 Å². The van der Waals surface area contributed by atoms with Crippen LogP contribution in [0.25, 0.3) is 0 Å². The summed E-state index contributed by atoms with van der Waals surface area (Å²) in [5, 5.41) is 10.8. The second-order valence-corrected chi connectivity index (χ2v) is 3.79. The van der Waals surface area contributed by atoms with E-state index < -0.39 is 11.9 Å². The van der Waals surface area contributed by atoms with Gasteiger partial charge in [0.05, 0.1) is 23.4 Å². The van der Waals surface area contributed by atoms with Gasteiger partial charge in [0, 0.05) is 0 Å². The van der Waals surface area contributed by atoms with E-state index in [0.29, 0.717) is 5.69 Å². The van der Waals surface area contributed by atoms with E-state index in [1.54, 1.807) is 0 Å².